The molecule has 0 unspecified atom stereocenters. The van der Waals surface area contributed by atoms with Gasteiger partial charge in [-0.3, -0.25) is 0 Å². The van der Waals surface area contributed by atoms with E-state index in [4.69, 9.17) is 11.6 Å². The average Bonchev–Trinajstić information content (AvgIpc) is 2.49. The molecular formula is C8H15N5. The van der Waals surface area contributed by atoms with Crippen molar-refractivity contribution in [1.82, 2.24) is 14.9 Å². The summed E-state index contributed by atoms with van der Waals surface area (Å²) in [4.78, 5) is 0. The second-order valence-corrected chi connectivity index (χ2v) is 3.62. The number of hydrogen-bond acceptors (Lipinski definition) is 4. The summed E-state index contributed by atoms with van der Waals surface area (Å²) < 4.78 is 1.41. The van der Waals surface area contributed by atoms with Crippen LogP contribution in [0.3, 0.4) is 0 Å². The molecule has 1 fully saturated rings. The van der Waals surface area contributed by atoms with Crippen LogP contribution in [0.2, 0.25) is 0 Å². The van der Waals surface area contributed by atoms with Crippen molar-refractivity contribution < 1.29 is 0 Å². The Kier molecular flexibility index (Phi) is 2.08. The van der Waals surface area contributed by atoms with E-state index in [2.05, 4.69) is 10.2 Å². The minimum atomic E-state index is 0.306. The average molecular weight is 181 g/mol. The van der Waals surface area contributed by atoms with Gasteiger partial charge in [-0.1, -0.05) is 19.3 Å². The Bertz CT molecular complexity index is 287. The minimum Gasteiger partial charge on any atom is -0.366 e. The van der Waals surface area contributed by atoms with E-state index in [1.54, 1.807) is 0 Å². The molecule has 13 heavy (non-hydrogen) atoms. The van der Waals surface area contributed by atoms with Crippen LogP contribution in [-0.4, -0.2) is 14.9 Å². The topological polar surface area (TPSA) is 82.8 Å². The van der Waals surface area contributed by atoms with Gasteiger partial charge in [-0.2, -0.15) is 0 Å². The molecule has 5 heteroatoms. The first-order chi connectivity index (χ1) is 6.29. The molecule has 0 amide bonds. The van der Waals surface area contributed by atoms with Crippen molar-refractivity contribution in [2.75, 3.05) is 11.6 Å². The van der Waals surface area contributed by atoms with Gasteiger partial charge < -0.3 is 11.6 Å². The minimum absolute atomic E-state index is 0.306. The lowest BCUT2D eigenvalue weighted by molar-refractivity contribution is 0.423. The first-order valence-corrected chi connectivity index (χ1v) is 4.75. The van der Waals surface area contributed by atoms with Gasteiger partial charge in [0.25, 0.3) is 0 Å². The van der Waals surface area contributed by atoms with E-state index in [1.165, 1.54) is 23.9 Å². The van der Waals surface area contributed by atoms with Crippen LogP contribution >= 0.6 is 0 Å². The maximum atomic E-state index is 5.70. The van der Waals surface area contributed by atoms with Crippen molar-refractivity contribution in [2.45, 2.75) is 38.0 Å². The quantitative estimate of drug-likeness (QED) is 0.622. The van der Waals surface area contributed by atoms with Gasteiger partial charge in [-0.15, -0.1) is 10.2 Å². The lowest BCUT2D eigenvalue weighted by Gasteiger charge is -2.19. The van der Waals surface area contributed by atoms with E-state index in [1.807, 2.05) is 0 Å². The molecule has 1 aromatic heterocycles. The molecule has 1 saturated carbocycles. The summed E-state index contributed by atoms with van der Waals surface area (Å²) in [7, 11) is 0. The molecule has 0 aliphatic heterocycles. The SMILES string of the molecule is Nc1nnc(C2CCCCC2)n1N. The summed E-state index contributed by atoms with van der Waals surface area (Å²) in [5.41, 5.74) is 5.51. The van der Waals surface area contributed by atoms with Gasteiger partial charge in [-0.05, 0) is 12.8 Å². The third-order valence-electron chi connectivity index (χ3n) is 2.72. The lowest BCUT2D eigenvalue weighted by atomic mass is 9.89. The van der Waals surface area contributed by atoms with E-state index < -0.39 is 0 Å². The van der Waals surface area contributed by atoms with Crippen molar-refractivity contribution in [3.63, 3.8) is 0 Å². The molecule has 72 valence electrons. The first-order valence-electron chi connectivity index (χ1n) is 4.75. The number of nitrogens with two attached hydrogens (primary N) is 2. The maximum Gasteiger partial charge on any atom is 0.240 e. The van der Waals surface area contributed by atoms with E-state index in [-0.39, 0.29) is 0 Å². The van der Waals surface area contributed by atoms with Crippen LogP contribution in [0.5, 0.6) is 0 Å². The Morgan fingerprint density at radius 3 is 2.38 bits per heavy atom. The summed E-state index contributed by atoms with van der Waals surface area (Å²) in [6, 6.07) is 0. The molecule has 1 aliphatic rings. The summed E-state index contributed by atoms with van der Waals surface area (Å²) in [6.07, 6.45) is 6.17. The largest absolute Gasteiger partial charge is 0.366 e. The standard InChI is InChI=1S/C8H15N5/c9-8-12-11-7(13(8)10)6-4-2-1-3-5-6/h6H,1-5,10H2,(H2,9,12). The van der Waals surface area contributed by atoms with Crippen LogP contribution in [0.1, 0.15) is 43.8 Å². The molecule has 1 aliphatic carbocycles. The predicted molar refractivity (Wildman–Crippen MR) is 50.4 cm³/mol. The normalized spacial score (nSPS) is 19.1. The van der Waals surface area contributed by atoms with Crippen LogP contribution in [0.4, 0.5) is 5.95 Å². The number of anilines is 1. The van der Waals surface area contributed by atoms with Crippen LogP contribution in [0, 0.1) is 0 Å². The number of nitrogens with zero attached hydrogens (tertiary/aromatic N) is 3. The summed E-state index contributed by atoms with van der Waals surface area (Å²) in [5.74, 6) is 7.31. The van der Waals surface area contributed by atoms with Gasteiger partial charge in [0.2, 0.25) is 5.95 Å². The van der Waals surface area contributed by atoms with Crippen LogP contribution in [0.15, 0.2) is 0 Å². The third-order valence-corrected chi connectivity index (χ3v) is 2.72. The highest BCUT2D eigenvalue weighted by molar-refractivity contribution is 5.19. The van der Waals surface area contributed by atoms with Gasteiger partial charge in [-0.25, -0.2) is 4.68 Å². The summed E-state index contributed by atoms with van der Waals surface area (Å²) in [6.45, 7) is 0. The Morgan fingerprint density at radius 1 is 1.15 bits per heavy atom. The second-order valence-electron chi connectivity index (χ2n) is 3.62. The number of rotatable bonds is 1. The van der Waals surface area contributed by atoms with Crippen LogP contribution in [-0.2, 0) is 0 Å². The highest BCUT2D eigenvalue weighted by Crippen LogP contribution is 2.31. The molecule has 0 bridgehead atoms. The Hall–Kier alpha value is -1.26. The van der Waals surface area contributed by atoms with E-state index in [9.17, 15) is 0 Å². The van der Waals surface area contributed by atoms with Gasteiger partial charge >= 0.3 is 0 Å². The molecule has 0 saturated heterocycles. The molecule has 1 heterocycles. The van der Waals surface area contributed by atoms with Gasteiger partial charge in [0.1, 0.15) is 0 Å². The van der Waals surface area contributed by atoms with Crippen molar-refractivity contribution in [2.24, 2.45) is 0 Å². The second kappa shape index (κ2) is 3.24. The lowest BCUT2D eigenvalue weighted by Crippen LogP contribution is -2.19. The maximum absolute atomic E-state index is 5.70. The Labute approximate surface area is 77.1 Å². The first kappa shape index (κ1) is 8.34. The zero-order valence-electron chi connectivity index (χ0n) is 7.61. The van der Waals surface area contributed by atoms with Crippen LogP contribution in [0.25, 0.3) is 0 Å². The monoisotopic (exact) mass is 181 g/mol. The van der Waals surface area contributed by atoms with E-state index in [0.29, 0.717) is 11.9 Å². The van der Waals surface area contributed by atoms with E-state index in [0.717, 1.165) is 18.7 Å². The zero-order chi connectivity index (χ0) is 9.26. The molecule has 4 N–H and O–H groups in total. The molecule has 0 aromatic carbocycles. The molecule has 5 nitrogen and oxygen atoms in total. The molecule has 0 radical (unpaired) electrons. The summed E-state index contributed by atoms with van der Waals surface area (Å²) >= 11 is 0. The van der Waals surface area contributed by atoms with Crippen molar-refractivity contribution in [1.29, 1.82) is 0 Å². The van der Waals surface area contributed by atoms with Crippen molar-refractivity contribution in [3.8, 4) is 0 Å². The van der Waals surface area contributed by atoms with Crippen molar-refractivity contribution >= 4 is 5.95 Å². The highest BCUT2D eigenvalue weighted by atomic mass is 15.4. The number of aromatic nitrogens is 3. The molecule has 0 atom stereocenters. The number of nitrogen functional groups attached to an aromatic ring is 2. The predicted octanol–water partition coefficient (Wildman–Crippen LogP) is 0.622. The fraction of sp³-hybridized carbons (Fsp3) is 0.750. The summed E-state index contributed by atoms with van der Waals surface area (Å²) in [5, 5.41) is 7.76. The zero-order valence-corrected chi connectivity index (χ0v) is 7.61. The molecule has 0 spiro atoms. The molecule has 2 rings (SSSR count). The van der Waals surface area contributed by atoms with Gasteiger partial charge in [0.05, 0.1) is 0 Å². The van der Waals surface area contributed by atoms with Gasteiger partial charge in [0, 0.05) is 5.92 Å². The van der Waals surface area contributed by atoms with Gasteiger partial charge in [0.15, 0.2) is 5.82 Å². The van der Waals surface area contributed by atoms with Crippen LogP contribution < -0.4 is 11.6 Å². The Balaban J connectivity index is 2.18. The third kappa shape index (κ3) is 1.46. The fourth-order valence-corrected chi connectivity index (χ4v) is 1.96. The fourth-order valence-electron chi connectivity index (χ4n) is 1.96. The number of hydrogen-bond donors (Lipinski definition) is 2. The van der Waals surface area contributed by atoms with Crippen molar-refractivity contribution in [3.05, 3.63) is 5.82 Å². The van der Waals surface area contributed by atoms with E-state index >= 15 is 0 Å². The molecule has 1 aromatic rings. The smallest absolute Gasteiger partial charge is 0.240 e. The molecular weight excluding hydrogens is 166 g/mol. The highest BCUT2D eigenvalue weighted by Gasteiger charge is 2.21. The Morgan fingerprint density at radius 2 is 1.85 bits per heavy atom.